The number of carbonyl (C=O) groups excluding carboxylic acids is 1. The molecule has 0 spiro atoms. The quantitative estimate of drug-likeness (QED) is 0.756. The Morgan fingerprint density at radius 1 is 1.17 bits per heavy atom. The fourth-order valence-corrected chi connectivity index (χ4v) is 2.10. The topological polar surface area (TPSA) is 81.1 Å². The lowest BCUT2D eigenvalue weighted by Crippen LogP contribution is -2.28. The van der Waals surface area contributed by atoms with Crippen molar-refractivity contribution in [3.05, 3.63) is 66.6 Å². The average molecular weight is 323 g/mol. The number of aromatic nitrogens is 3. The summed E-state index contributed by atoms with van der Waals surface area (Å²) in [5, 5.41) is 9.74. The van der Waals surface area contributed by atoms with E-state index >= 15 is 0 Å². The van der Waals surface area contributed by atoms with Gasteiger partial charge in [0.15, 0.2) is 0 Å². The van der Waals surface area contributed by atoms with E-state index < -0.39 is 0 Å². The van der Waals surface area contributed by atoms with Crippen LogP contribution in [0.3, 0.4) is 0 Å². The number of ether oxygens (including phenoxy) is 1. The van der Waals surface area contributed by atoms with E-state index in [1.165, 1.54) is 0 Å². The smallest absolute Gasteiger partial charge is 0.319 e. The van der Waals surface area contributed by atoms with Crippen LogP contribution in [0.15, 0.2) is 61.1 Å². The monoisotopic (exact) mass is 323 g/mol. The summed E-state index contributed by atoms with van der Waals surface area (Å²) in [5.41, 5.74) is 2.42. The minimum absolute atomic E-state index is 0.307. The van der Waals surface area contributed by atoms with E-state index in [1.54, 1.807) is 36.4 Å². The number of nitrogens with one attached hydrogen (secondary N) is 2. The second-order valence-electron chi connectivity index (χ2n) is 5.03. The van der Waals surface area contributed by atoms with E-state index in [1.807, 2.05) is 36.4 Å². The van der Waals surface area contributed by atoms with Crippen LogP contribution in [-0.2, 0) is 6.54 Å². The van der Waals surface area contributed by atoms with E-state index in [-0.39, 0.29) is 6.03 Å². The Bertz CT molecular complexity index is 799. The molecule has 0 atom stereocenters. The maximum Gasteiger partial charge on any atom is 0.319 e. The van der Waals surface area contributed by atoms with Crippen LogP contribution in [0.5, 0.6) is 5.88 Å². The van der Waals surface area contributed by atoms with Crippen molar-refractivity contribution in [2.24, 2.45) is 0 Å². The van der Waals surface area contributed by atoms with Gasteiger partial charge in [-0.05, 0) is 17.7 Å². The van der Waals surface area contributed by atoms with Crippen molar-refractivity contribution < 1.29 is 9.53 Å². The summed E-state index contributed by atoms with van der Waals surface area (Å²) in [6, 6.07) is 13.0. The Labute approximate surface area is 139 Å². The zero-order valence-corrected chi connectivity index (χ0v) is 13.1. The fourth-order valence-electron chi connectivity index (χ4n) is 2.10. The maximum absolute atomic E-state index is 12.0. The average Bonchev–Trinajstić information content (AvgIpc) is 3.09. The molecule has 0 aliphatic rings. The van der Waals surface area contributed by atoms with Gasteiger partial charge >= 0.3 is 6.03 Å². The largest absolute Gasteiger partial charge is 0.481 e. The van der Waals surface area contributed by atoms with Crippen LogP contribution in [-0.4, -0.2) is 27.9 Å². The zero-order valence-electron chi connectivity index (χ0n) is 13.1. The van der Waals surface area contributed by atoms with Gasteiger partial charge in [0.25, 0.3) is 0 Å². The molecule has 2 amide bonds. The molecule has 3 aromatic rings. The molecule has 0 aliphatic carbocycles. The van der Waals surface area contributed by atoms with E-state index in [0.29, 0.717) is 18.1 Å². The third-order valence-corrected chi connectivity index (χ3v) is 3.32. The van der Waals surface area contributed by atoms with Crippen LogP contribution in [0.25, 0.3) is 5.69 Å². The van der Waals surface area contributed by atoms with Crippen molar-refractivity contribution in [3.63, 3.8) is 0 Å². The Kier molecular flexibility index (Phi) is 4.71. The molecular weight excluding hydrogens is 306 g/mol. The number of anilines is 1. The Morgan fingerprint density at radius 3 is 2.71 bits per heavy atom. The van der Waals surface area contributed by atoms with Gasteiger partial charge in [-0.15, -0.1) is 0 Å². The molecule has 0 saturated carbocycles. The molecule has 7 nitrogen and oxygen atoms in total. The molecular formula is C17H17N5O2. The van der Waals surface area contributed by atoms with Crippen molar-refractivity contribution in [3.8, 4) is 11.6 Å². The molecule has 0 unspecified atom stereocenters. The van der Waals surface area contributed by atoms with Gasteiger partial charge in [0, 0.05) is 18.8 Å². The summed E-state index contributed by atoms with van der Waals surface area (Å²) in [6.07, 6.45) is 5.01. The van der Waals surface area contributed by atoms with E-state index in [0.717, 1.165) is 11.3 Å². The number of benzene rings is 1. The molecule has 0 bridgehead atoms. The lowest BCUT2D eigenvalue weighted by atomic mass is 10.3. The summed E-state index contributed by atoms with van der Waals surface area (Å²) in [5.74, 6) is 0.538. The molecule has 0 saturated heterocycles. The highest BCUT2D eigenvalue weighted by molar-refractivity contribution is 5.88. The molecule has 3 rings (SSSR count). The first kappa shape index (κ1) is 15.5. The van der Waals surface area contributed by atoms with Gasteiger partial charge in [-0.1, -0.05) is 24.3 Å². The molecule has 7 heteroatoms. The van der Waals surface area contributed by atoms with Crippen molar-refractivity contribution in [1.82, 2.24) is 20.1 Å². The van der Waals surface area contributed by atoms with Crippen LogP contribution in [0, 0.1) is 0 Å². The molecule has 1 aromatic carbocycles. The third-order valence-electron chi connectivity index (χ3n) is 3.32. The molecule has 0 aliphatic heterocycles. The summed E-state index contributed by atoms with van der Waals surface area (Å²) >= 11 is 0. The Morgan fingerprint density at radius 2 is 2.00 bits per heavy atom. The van der Waals surface area contributed by atoms with Crippen molar-refractivity contribution in [2.75, 3.05) is 12.4 Å². The van der Waals surface area contributed by atoms with Gasteiger partial charge in [-0.25, -0.2) is 14.5 Å². The molecule has 2 N–H and O–H groups in total. The first-order valence-corrected chi connectivity index (χ1v) is 7.38. The number of para-hydroxylation sites is 1. The number of urea groups is 1. The first-order chi connectivity index (χ1) is 11.7. The van der Waals surface area contributed by atoms with Gasteiger partial charge in [0.05, 0.1) is 30.9 Å². The molecule has 122 valence electrons. The number of pyridine rings is 1. The third kappa shape index (κ3) is 3.89. The lowest BCUT2D eigenvalue weighted by Gasteiger charge is -2.06. The van der Waals surface area contributed by atoms with Crippen LogP contribution in [0.1, 0.15) is 5.56 Å². The number of amides is 2. The lowest BCUT2D eigenvalue weighted by molar-refractivity contribution is 0.251. The van der Waals surface area contributed by atoms with Crippen LogP contribution >= 0.6 is 0 Å². The van der Waals surface area contributed by atoms with E-state index in [2.05, 4.69) is 20.7 Å². The van der Waals surface area contributed by atoms with Gasteiger partial charge in [0.1, 0.15) is 0 Å². The standard InChI is InChI=1S/C17H17N5O2/c1-24-16-8-7-13(9-18-16)10-19-17(23)21-14-11-20-22(12-14)15-5-3-2-4-6-15/h2-9,11-12H,10H2,1H3,(H2,19,21,23). The first-order valence-electron chi connectivity index (χ1n) is 7.38. The minimum atomic E-state index is -0.307. The van der Waals surface area contributed by atoms with Crippen molar-refractivity contribution >= 4 is 11.7 Å². The summed E-state index contributed by atoms with van der Waals surface area (Å²) in [6.45, 7) is 0.371. The number of methoxy groups -OCH3 is 1. The van der Waals surface area contributed by atoms with Crippen LogP contribution in [0.4, 0.5) is 10.5 Å². The second-order valence-corrected chi connectivity index (χ2v) is 5.03. The van der Waals surface area contributed by atoms with Gasteiger partial charge in [-0.3, -0.25) is 0 Å². The number of nitrogens with zero attached hydrogens (tertiary/aromatic N) is 3. The van der Waals surface area contributed by atoms with Crippen LogP contribution in [0.2, 0.25) is 0 Å². The molecule has 0 radical (unpaired) electrons. The highest BCUT2D eigenvalue weighted by Crippen LogP contribution is 2.11. The molecule has 0 fully saturated rings. The van der Waals surface area contributed by atoms with E-state index in [9.17, 15) is 4.79 Å². The second kappa shape index (κ2) is 7.28. The molecule has 2 aromatic heterocycles. The summed E-state index contributed by atoms with van der Waals surface area (Å²) in [7, 11) is 1.56. The number of hydrogen-bond donors (Lipinski definition) is 2. The SMILES string of the molecule is COc1ccc(CNC(=O)Nc2cnn(-c3ccccc3)c2)cn1. The van der Waals surface area contributed by atoms with Crippen molar-refractivity contribution in [1.29, 1.82) is 0 Å². The summed E-state index contributed by atoms with van der Waals surface area (Å²) in [4.78, 5) is 16.0. The summed E-state index contributed by atoms with van der Waals surface area (Å²) < 4.78 is 6.69. The number of hydrogen-bond acceptors (Lipinski definition) is 4. The maximum atomic E-state index is 12.0. The Balaban J connectivity index is 1.54. The normalized spacial score (nSPS) is 10.2. The van der Waals surface area contributed by atoms with Gasteiger partial charge < -0.3 is 15.4 Å². The predicted octanol–water partition coefficient (Wildman–Crippen LogP) is 2.60. The Hall–Kier alpha value is -3.35. The highest BCUT2D eigenvalue weighted by Gasteiger charge is 2.05. The number of carbonyl (C=O) groups is 1. The fraction of sp³-hybridized carbons (Fsp3) is 0.118. The molecule has 2 heterocycles. The van der Waals surface area contributed by atoms with E-state index in [4.69, 9.17) is 4.74 Å². The minimum Gasteiger partial charge on any atom is -0.481 e. The van der Waals surface area contributed by atoms with Gasteiger partial charge in [-0.2, -0.15) is 5.10 Å². The number of rotatable bonds is 5. The van der Waals surface area contributed by atoms with Crippen LogP contribution < -0.4 is 15.4 Å². The zero-order chi connectivity index (χ0) is 16.8. The predicted molar refractivity (Wildman–Crippen MR) is 90.2 cm³/mol. The molecule has 24 heavy (non-hydrogen) atoms. The van der Waals surface area contributed by atoms with Crippen molar-refractivity contribution in [2.45, 2.75) is 6.54 Å². The van der Waals surface area contributed by atoms with Gasteiger partial charge in [0.2, 0.25) is 5.88 Å². The highest BCUT2D eigenvalue weighted by atomic mass is 16.5.